The maximum absolute atomic E-state index is 11.0. The summed E-state index contributed by atoms with van der Waals surface area (Å²) >= 11 is 0. The van der Waals surface area contributed by atoms with E-state index in [2.05, 4.69) is 16.7 Å². The summed E-state index contributed by atoms with van der Waals surface area (Å²) < 4.78 is 0. The largest absolute Gasteiger partial charge is 0.358 e. The second-order valence-electron chi connectivity index (χ2n) is 2.91. The molecule has 0 saturated carbocycles. The van der Waals surface area contributed by atoms with Gasteiger partial charge in [-0.3, -0.25) is 4.89 Å². The zero-order valence-electron chi connectivity index (χ0n) is 8.41. The highest BCUT2D eigenvalue weighted by molar-refractivity contribution is 5.74. The highest BCUT2D eigenvalue weighted by atomic mass is 17.2. The Morgan fingerprint density at radius 3 is 2.62 bits per heavy atom. The van der Waals surface area contributed by atoms with E-state index in [4.69, 9.17) is 5.73 Å². The molecule has 4 heteroatoms. The van der Waals surface area contributed by atoms with E-state index < -0.39 is 12.0 Å². The van der Waals surface area contributed by atoms with Gasteiger partial charge in [0.1, 0.15) is 6.04 Å². The van der Waals surface area contributed by atoms with Crippen LogP contribution in [-0.4, -0.2) is 18.6 Å². The summed E-state index contributed by atoms with van der Waals surface area (Å²) in [7, 11) is 0. The summed E-state index contributed by atoms with van der Waals surface area (Å²) in [6, 6.07) is -0.543. The number of unbranched alkanes of at least 4 members (excludes halogenated alkanes) is 2. The van der Waals surface area contributed by atoms with Crippen LogP contribution in [0.25, 0.3) is 0 Å². The van der Waals surface area contributed by atoms with E-state index in [9.17, 15) is 4.79 Å². The molecule has 1 atom stereocenters. The lowest BCUT2D eigenvalue weighted by molar-refractivity contribution is -0.270. The lowest BCUT2D eigenvalue weighted by atomic mass is 10.1. The van der Waals surface area contributed by atoms with Gasteiger partial charge in [-0.25, -0.2) is 4.79 Å². The fourth-order valence-electron chi connectivity index (χ4n) is 0.911. The van der Waals surface area contributed by atoms with Crippen LogP contribution < -0.4 is 5.73 Å². The summed E-state index contributed by atoms with van der Waals surface area (Å²) in [6.07, 6.45) is 3.83. The maximum Gasteiger partial charge on any atom is 0.358 e. The first-order chi connectivity index (χ1) is 6.22. The molecule has 0 aliphatic heterocycles. The second kappa shape index (κ2) is 8.01. The Kier molecular flexibility index (Phi) is 7.63. The van der Waals surface area contributed by atoms with Crippen molar-refractivity contribution in [1.29, 1.82) is 0 Å². The van der Waals surface area contributed by atoms with Gasteiger partial charge in [0.25, 0.3) is 0 Å². The summed E-state index contributed by atoms with van der Waals surface area (Å²) in [5.74, 6) is -0.474. The zero-order chi connectivity index (χ0) is 10.1. The third-order valence-corrected chi connectivity index (χ3v) is 1.68. The number of hydrogen-bond donors (Lipinski definition) is 1. The van der Waals surface area contributed by atoms with Gasteiger partial charge in [-0.05, 0) is 13.3 Å². The van der Waals surface area contributed by atoms with E-state index in [0.29, 0.717) is 13.0 Å². The Morgan fingerprint density at radius 1 is 1.38 bits per heavy atom. The minimum atomic E-state index is -0.543. The average molecular weight is 189 g/mol. The van der Waals surface area contributed by atoms with Crippen molar-refractivity contribution in [2.75, 3.05) is 6.61 Å². The van der Waals surface area contributed by atoms with E-state index >= 15 is 0 Å². The van der Waals surface area contributed by atoms with Crippen molar-refractivity contribution >= 4 is 5.97 Å². The summed E-state index contributed by atoms with van der Waals surface area (Å²) in [5.41, 5.74) is 5.54. The summed E-state index contributed by atoms with van der Waals surface area (Å²) in [6.45, 7) is 4.20. The highest BCUT2D eigenvalue weighted by Crippen LogP contribution is 2.03. The molecule has 0 aliphatic rings. The SMILES string of the molecule is CCCCCC(N)C(=O)OOCC. The van der Waals surface area contributed by atoms with Gasteiger partial charge in [-0.1, -0.05) is 26.2 Å². The van der Waals surface area contributed by atoms with E-state index in [-0.39, 0.29) is 0 Å². The van der Waals surface area contributed by atoms with Crippen LogP contribution in [0.1, 0.15) is 39.5 Å². The molecule has 2 N–H and O–H groups in total. The lowest BCUT2D eigenvalue weighted by Gasteiger charge is -2.08. The van der Waals surface area contributed by atoms with E-state index in [1.807, 2.05) is 0 Å². The standard InChI is InChI=1S/C9H19NO3/c1-3-5-6-7-8(10)9(11)13-12-4-2/h8H,3-7,10H2,1-2H3. The van der Waals surface area contributed by atoms with E-state index in [0.717, 1.165) is 19.3 Å². The lowest BCUT2D eigenvalue weighted by Crippen LogP contribution is -2.32. The molecule has 78 valence electrons. The number of carbonyl (C=O) groups excluding carboxylic acids is 1. The van der Waals surface area contributed by atoms with E-state index in [1.54, 1.807) is 6.92 Å². The van der Waals surface area contributed by atoms with Gasteiger partial charge in [-0.15, -0.1) is 0 Å². The van der Waals surface area contributed by atoms with Crippen molar-refractivity contribution in [2.45, 2.75) is 45.6 Å². The van der Waals surface area contributed by atoms with Crippen LogP contribution >= 0.6 is 0 Å². The Hall–Kier alpha value is -0.610. The molecule has 13 heavy (non-hydrogen) atoms. The second-order valence-corrected chi connectivity index (χ2v) is 2.91. The first kappa shape index (κ1) is 12.4. The molecule has 0 rings (SSSR count). The predicted molar refractivity (Wildman–Crippen MR) is 49.8 cm³/mol. The number of hydrogen-bond acceptors (Lipinski definition) is 4. The Bertz CT molecular complexity index is 139. The molecule has 0 aromatic carbocycles. The van der Waals surface area contributed by atoms with Gasteiger partial charge in [0.2, 0.25) is 0 Å². The quantitative estimate of drug-likeness (QED) is 0.373. The molecule has 0 fully saturated rings. The molecular formula is C9H19NO3. The molecule has 0 aliphatic carbocycles. The van der Waals surface area contributed by atoms with Crippen LogP contribution in [0.2, 0.25) is 0 Å². The van der Waals surface area contributed by atoms with Crippen molar-refractivity contribution in [1.82, 2.24) is 0 Å². The topological polar surface area (TPSA) is 61.6 Å². The van der Waals surface area contributed by atoms with Gasteiger partial charge in [0.05, 0.1) is 6.61 Å². The molecule has 4 nitrogen and oxygen atoms in total. The monoisotopic (exact) mass is 189 g/mol. The summed E-state index contributed by atoms with van der Waals surface area (Å²) in [4.78, 5) is 19.9. The minimum absolute atomic E-state index is 0.355. The fourth-order valence-corrected chi connectivity index (χ4v) is 0.911. The van der Waals surface area contributed by atoms with Gasteiger partial charge >= 0.3 is 5.97 Å². The highest BCUT2D eigenvalue weighted by Gasteiger charge is 2.14. The van der Waals surface area contributed by atoms with Crippen molar-refractivity contribution in [2.24, 2.45) is 5.73 Å². The Balaban J connectivity index is 3.45. The number of carbonyl (C=O) groups is 1. The molecule has 0 amide bonds. The normalized spacial score (nSPS) is 12.5. The van der Waals surface area contributed by atoms with Crippen LogP contribution in [0.3, 0.4) is 0 Å². The third kappa shape index (κ3) is 6.54. The first-order valence-corrected chi connectivity index (χ1v) is 4.81. The van der Waals surface area contributed by atoms with Gasteiger partial charge < -0.3 is 5.73 Å². The Labute approximate surface area is 79.3 Å². The molecule has 0 bridgehead atoms. The van der Waals surface area contributed by atoms with Crippen LogP contribution in [0, 0.1) is 0 Å². The molecule has 0 radical (unpaired) electrons. The molecule has 1 unspecified atom stereocenters. The van der Waals surface area contributed by atoms with Crippen LogP contribution in [0.4, 0.5) is 0 Å². The van der Waals surface area contributed by atoms with Crippen molar-refractivity contribution in [3.8, 4) is 0 Å². The predicted octanol–water partition coefficient (Wildman–Crippen LogP) is 1.39. The first-order valence-electron chi connectivity index (χ1n) is 4.81. The fraction of sp³-hybridized carbons (Fsp3) is 0.889. The summed E-state index contributed by atoms with van der Waals surface area (Å²) in [5, 5.41) is 0. The average Bonchev–Trinajstić information content (AvgIpc) is 2.14. The minimum Gasteiger partial charge on any atom is -0.318 e. The molecule has 0 aromatic heterocycles. The molecular weight excluding hydrogens is 170 g/mol. The van der Waals surface area contributed by atoms with Crippen LogP contribution in [0.15, 0.2) is 0 Å². The van der Waals surface area contributed by atoms with E-state index in [1.165, 1.54) is 0 Å². The van der Waals surface area contributed by atoms with Gasteiger partial charge in [-0.2, -0.15) is 4.89 Å². The van der Waals surface area contributed by atoms with Crippen LogP contribution in [-0.2, 0) is 14.6 Å². The molecule has 0 saturated heterocycles. The van der Waals surface area contributed by atoms with Gasteiger partial charge in [0.15, 0.2) is 0 Å². The smallest absolute Gasteiger partial charge is 0.318 e. The maximum atomic E-state index is 11.0. The molecule has 0 aromatic rings. The molecule has 0 spiro atoms. The van der Waals surface area contributed by atoms with Gasteiger partial charge in [0, 0.05) is 0 Å². The van der Waals surface area contributed by atoms with Crippen molar-refractivity contribution < 1.29 is 14.6 Å². The van der Waals surface area contributed by atoms with Crippen molar-refractivity contribution in [3.05, 3.63) is 0 Å². The molecule has 0 heterocycles. The van der Waals surface area contributed by atoms with Crippen LogP contribution in [0.5, 0.6) is 0 Å². The zero-order valence-corrected chi connectivity index (χ0v) is 8.41. The Morgan fingerprint density at radius 2 is 2.08 bits per heavy atom. The van der Waals surface area contributed by atoms with Crippen molar-refractivity contribution in [3.63, 3.8) is 0 Å². The number of rotatable bonds is 7. The third-order valence-electron chi connectivity index (χ3n) is 1.68. The number of nitrogens with two attached hydrogens (primary N) is 1.